The number of carbonyl (C=O) groups is 1. The average Bonchev–Trinajstić information content (AvgIpc) is 2.81. The van der Waals surface area contributed by atoms with E-state index in [1.807, 2.05) is 61.7 Å². The molecule has 1 aliphatic rings. The lowest BCUT2D eigenvalue weighted by atomic mass is 10.1. The molecular weight excluding hydrogens is 490 g/mol. The maximum absolute atomic E-state index is 11.9. The number of carbonyl (C=O) groups excluding carboxylic acids is 1. The Hall–Kier alpha value is -2.38. The molecule has 1 aliphatic heterocycles. The van der Waals surface area contributed by atoms with Gasteiger partial charge in [0.15, 0.2) is 0 Å². The van der Waals surface area contributed by atoms with Crippen molar-refractivity contribution in [1.29, 1.82) is 0 Å². The van der Waals surface area contributed by atoms with E-state index in [0.29, 0.717) is 5.82 Å². The number of nitrogens with one attached hydrogen (secondary N) is 1. The van der Waals surface area contributed by atoms with Crippen LogP contribution in [0.5, 0.6) is 0 Å². The molecule has 0 saturated carbocycles. The lowest BCUT2D eigenvalue weighted by Gasteiger charge is -2.40. The number of nitrogens with zero attached hydrogens (tertiary/aromatic N) is 4. The topological polar surface area (TPSA) is 60.9 Å². The second-order valence-electron chi connectivity index (χ2n) is 8.99. The summed E-state index contributed by atoms with van der Waals surface area (Å²) in [6, 6.07) is 12.5. The zero-order valence-corrected chi connectivity index (χ0v) is 24.3. The van der Waals surface area contributed by atoms with Crippen molar-refractivity contribution in [2.75, 3.05) is 43.9 Å². The van der Waals surface area contributed by atoms with Gasteiger partial charge >= 0.3 is 6.09 Å². The highest BCUT2D eigenvalue weighted by molar-refractivity contribution is 7.97. The molecule has 1 aromatic carbocycles. The van der Waals surface area contributed by atoms with Crippen molar-refractivity contribution in [2.24, 2.45) is 0 Å². The number of amides is 1. The predicted molar refractivity (Wildman–Crippen MR) is 153 cm³/mol. The highest BCUT2D eigenvalue weighted by Crippen LogP contribution is 2.30. The largest absolute Gasteiger partial charge is 0.444 e. The van der Waals surface area contributed by atoms with Crippen molar-refractivity contribution in [3.8, 4) is 11.8 Å². The molecular formula is C27H39N5O2S2. The molecule has 1 saturated heterocycles. The Balaban J connectivity index is 0.00000222. The molecule has 1 fully saturated rings. The molecule has 2 heterocycles. The smallest absolute Gasteiger partial charge is 0.413 e. The summed E-state index contributed by atoms with van der Waals surface area (Å²) < 4.78 is 9.68. The monoisotopic (exact) mass is 529 g/mol. The summed E-state index contributed by atoms with van der Waals surface area (Å²) in [4.78, 5) is 20.9. The fourth-order valence-corrected chi connectivity index (χ4v) is 5.01. The highest BCUT2D eigenvalue weighted by atomic mass is 32.2. The average molecular weight is 530 g/mol. The minimum Gasteiger partial charge on any atom is -0.444 e. The van der Waals surface area contributed by atoms with Crippen LogP contribution in [0, 0.1) is 11.8 Å². The van der Waals surface area contributed by atoms with Crippen LogP contribution < -0.4 is 10.2 Å². The highest BCUT2D eigenvalue weighted by Gasteiger charge is 2.27. The lowest BCUT2D eigenvalue weighted by Crippen LogP contribution is -2.50. The van der Waals surface area contributed by atoms with Crippen LogP contribution in [-0.4, -0.2) is 65.1 Å². The van der Waals surface area contributed by atoms with Gasteiger partial charge in [0.25, 0.3) is 0 Å². The van der Waals surface area contributed by atoms with Crippen LogP contribution in [-0.2, 0) is 4.74 Å². The fraction of sp³-hybridized carbons (Fsp3) is 0.481. The number of piperazine rings is 1. The second-order valence-corrected chi connectivity index (χ2v) is 11.5. The predicted octanol–water partition coefficient (Wildman–Crippen LogP) is 6.24. The number of hydrogen-bond donors (Lipinski definition) is 1. The number of anilines is 2. The van der Waals surface area contributed by atoms with E-state index in [1.54, 1.807) is 36.2 Å². The third-order valence-electron chi connectivity index (χ3n) is 4.71. The molecule has 0 aliphatic carbocycles. The first-order valence-corrected chi connectivity index (χ1v) is 13.7. The molecule has 0 bridgehead atoms. The third-order valence-corrected chi connectivity index (χ3v) is 6.60. The summed E-state index contributed by atoms with van der Waals surface area (Å²) in [5.74, 6) is 6.94. The van der Waals surface area contributed by atoms with Crippen LogP contribution >= 0.6 is 23.9 Å². The van der Waals surface area contributed by atoms with E-state index in [9.17, 15) is 4.79 Å². The maximum Gasteiger partial charge on any atom is 0.413 e. The van der Waals surface area contributed by atoms with Crippen molar-refractivity contribution in [3.05, 3.63) is 42.6 Å². The van der Waals surface area contributed by atoms with Crippen LogP contribution in [0.15, 0.2) is 52.4 Å². The van der Waals surface area contributed by atoms with Crippen molar-refractivity contribution < 1.29 is 9.53 Å². The summed E-state index contributed by atoms with van der Waals surface area (Å²) >= 11 is 3.37. The Kier molecular flexibility index (Phi) is 11.9. The Morgan fingerprint density at radius 1 is 1.11 bits per heavy atom. The van der Waals surface area contributed by atoms with E-state index >= 15 is 0 Å². The van der Waals surface area contributed by atoms with Crippen molar-refractivity contribution >= 4 is 41.5 Å². The zero-order chi connectivity index (χ0) is 26.7. The van der Waals surface area contributed by atoms with E-state index in [1.165, 1.54) is 10.6 Å². The quantitative estimate of drug-likeness (QED) is 0.348. The minimum absolute atomic E-state index is 0.111. The summed E-state index contributed by atoms with van der Waals surface area (Å²) in [5, 5.41) is 2.67. The van der Waals surface area contributed by atoms with Gasteiger partial charge in [0.2, 0.25) is 0 Å². The van der Waals surface area contributed by atoms with Gasteiger partial charge in [-0.1, -0.05) is 19.8 Å². The summed E-state index contributed by atoms with van der Waals surface area (Å²) in [7, 11) is 4.09. The van der Waals surface area contributed by atoms with E-state index in [4.69, 9.17) is 4.74 Å². The van der Waals surface area contributed by atoms with Gasteiger partial charge in [-0.15, -0.1) is 5.92 Å². The summed E-state index contributed by atoms with van der Waals surface area (Å²) in [5.41, 5.74) is 0.646. The van der Waals surface area contributed by atoms with Gasteiger partial charge in [-0.25, -0.2) is 14.1 Å². The summed E-state index contributed by atoms with van der Waals surface area (Å²) in [6.45, 7) is 14.0. The molecule has 0 radical (unpaired) electrons. The SMILES string of the molecule is CC.CC#CC1CN(Sc2ccc(NC(=O)OC(C)(C)C)nc2)CCN1c1ccc(SN(C)C)cc1. The number of hydrogen-bond acceptors (Lipinski definition) is 8. The first-order valence-electron chi connectivity index (χ1n) is 12.2. The van der Waals surface area contributed by atoms with Gasteiger partial charge in [-0.05, 0) is 102 Å². The maximum atomic E-state index is 11.9. The van der Waals surface area contributed by atoms with Crippen molar-refractivity contribution in [3.63, 3.8) is 0 Å². The van der Waals surface area contributed by atoms with Crippen LogP contribution in [0.3, 0.4) is 0 Å². The molecule has 36 heavy (non-hydrogen) atoms. The zero-order valence-electron chi connectivity index (χ0n) is 22.7. The molecule has 2 aromatic rings. The molecule has 1 amide bonds. The molecule has 1 N–H and O–H groups in total. The van der Waals surface area contributed by atoms with Crippen molar-refractivity contribution in [2.45, 2.75) is 63.0 Å². The first-order chi connectivity index (χ1) is 17.1. The lowest BCUT2D eigenvalue weighted by molar-refractivity contribution is 0.0635. The molecule has 7 nitrogen and oxygen atoms in total. The normalized spacial score (nSPS) is 15.9. The minimum atomic E-state index is -0.548. The Morgan fingerprint density at radius 3 is 2.33 bits per heavy atom. The standard InChI is InChI=1S/C25H33N5O2S2.C2H6/c1-7-8-20-18-29(15-16-30(20)19-9-11-21(12-10-19)33-28(5)6)34-22-13-14-23(26-17-22)27-24(31)32-25(2,3)4;1-2/h9-14,17,20H,15-16,18H2,1-6H3,(H,26,27,31);1-2H3. The van der Waals surface area contributed by atoms with E-state index in [0.717, 1.165) is 24.5 Å². The summed E-state index contributed by atoms with van der Waals surface area (Å²) in [6.07, 6.45) is 1.26. The molecule has 0 spiro atoms. The van der Waals surface area contributed by atoms with Crippen LogP contribution in [0.4, 0.5) is 16.3 Å². The van der Waals surface area contributed by atoms with Crippen molar-refractivity contribution in [1.82, 2.24) is 13.6 Å². The molecule has 1 aromatic heterocycles. The van der Waals surface area contributed by atoms with Crippen LogP contribution in [0.25, 0.3) is 0 Å². The van der Waals surface area contributed by atoms with Gasteiger partial charge in [0.1, 0.15) is 17.5 Å². The second kappa shape index (κ2) is 14.4. The number of pyridine rings is 1. The van der Waals surface area contributed by atoms with Gasteiger partial charge in [-0.2, -0.15) is 0 Å². The molecule has 1 atom stereocenters. The van der Waals surface area contributed by atoms with Crippen LogP contribution in [0.1, 0.15) is 41.5 Å². The van der Waals surface area contributed by atoms with Gasteiger partial charge < -0.3 is 9.64 Å². The number of aromatic nitrogens is 1. The van der Waals surface area contributed by atoms with Gasteiger partial charge in [0.05, 0.1) is 0 Å². The molecule has 9 heteroatoms. The van der Waals surface area contributed by atoms with Gasteiger partial charge in [-0.3, -0.25) is 9.62 Å². The van der Waals surface area contributed by atoms with E-state index in [-0.39, 0.29) is 6.04 Å². The fourth-order valence-electron chi connectivity index (χ4n) is 3.41. The number of ether oxygens (including phenoxy) is 1. The Labute approximate surface area is 225 Å². The van der Waals surface area contributed by atoms with E-state index in [2.05, 4.69) is 59.9 Å². The molecule has 196 valence electrons. The van der Waals surface area contributed by atoms with E-state index < -0.39 is 11.7 Å². The Morgan fingerprint density at radius 2 is 1.78 bits per heavy atom. The Bertz CT molecular complexity index is 1010. The number of benzene rings is 1. The van der Waals surface area contributed by atoms with Crippen LogP contribution in [0.2, 0.25) is 0 Å². The molecule has 3 rings (SSSR count). The number of rotatable bonds is 6. The third kappa shape index (κ3) is 9.94. The van der Waals surface area contributed by atoms with Gasteiger partial charge in [0, 0.05) is 41.3 Å². The molecule has 1 unspecified atom stereocenters. The first kappa shape index (κ1) is 29.8.